The van der Waals surface area contributed by atoms with Crippen molar-refractivity contribution >= 4 is 11.8 Å². The van der Waals surface area contributed by atoms with Crippen LogP contribution in [0.3, 0.4) is 0 Å². The molecule has 1 aliphatic carbocycles. The van der Waals surface area contributed by atoms with E-state index in [1.165, 1.54) is 25.7 Å². The minimum atomic E-state index is -0.434. The Kier molecular flexibility index (Phi) is 4.58. The van der Waals surface area contributed by atoms with Crippen LogP contribution in [0.2, 0.25) is 0 Å². The molecule has 2 amide bonds. The maximum absolute atomic E-state index is 11.9. The van der Waals surface area contributed by atoms with Crippen LogP contribution in [0.1, 0.15) is 32.6 Å². The molecule has 1 saturated heterocycles. The van der Waals surface area contributed by atoms with Gasteiger partial charge < -0.3 is 15.5 Å². The Morgan fingerprint density at radius 2 is 1.83 bits per heavy atom. The first-order valence-corrected chi connectivity index (χ1v) is 6.99. The number of rotatable bonds is 2. The molecular formula is C13H23N3O2. The molecule has 0 bridgehead atoms. The fourth-order valence-electron chi connectivity index (χ4n) is 2.86. The van der Waals surface area contributed by atoms with Gasteiger partial charge in [0.1, 0.15) is 0 Å². The van der Waals surface area contributed by atoms with Crippen molar-refractivity contribution in [3.63, 3.8) is 0 Å². The van der Waals surface area contributed by atoms with Gasteiger partial charge >= 0.3 is 11.8 Å². The maximum Gasteiger partial charge on any atom is 0.311 e. The molecule has 0 radical (unpaired) electrons. The van der Waals surface area contributed by atoms with Crippen molar-refractivity contribution < 1.29 is 9.59 Å². The van der Waals surface area contributed by atoms with E-state index in [-0.39, 0.29) is 11.9 Å². The molecule has 5 heteroatoms. The normalized spacial score (nSPS) is 22.8. The summed E-state index contributed by atoms with van der Waals surface area (Å²) in [5.41, 5.74) is 0. The Labute approximate surface area is 108 Å². The fourth-order valence-corrected chi connectivity index (χ4v) is 2.86. The SMILES string of the molecule is CC(NC(=O)C(=O)N1CCNCC1)C1CCCC1. The quantitative estimate of drug-likeness (QED) is 0.687. The fraction of sp³-hybridized carbons (Fsp3) is 0.846. The third-order valence-corrected chi connectivity index (χ3v) is 4.06. The summed E-state index contributed by atoms with van der Waals surface area (Å²) in [6.45, 7) is 4.82. The number of hydrogen-bond donors (Lipinski definition) is 2. The number of amides is 2. The van der Waals surface area contributed by atoms with Crippen molar-refractivity contribution in [3.05, 3.63) is 0 Å². The maximum atomic E-state index is 11.9. The molecule has 2 aliphatic rings. The lowest BCUT2D eigenvalue weighted by Crippen LogP contribution is -2.53. The van der Waals surface area contributed by atoms with Crippen molar-refractivity contribution in [2.24, 2.45) is 5.92 Å². The molecule has 2 N–H and O–H groups in total. The minimum absolute atomic E-state index is 0.117. The van der Waals surface area contributed by atoms with Crippen molar-refractivity contribution in [1.82, 2.24) is 15.5 Å². The number of piperazine rings is 1. The van der Waals surface area contributed by atoms with E-state index >= 15 is 0 Å². The second kappa shape index (κ2) is 6.18. The zero-order valence-electron chi connectivity index (χ0n) is 11.1. The standard InChI is InChI=1S/C13H23N3O2/c1-10(11-4-2-3-5-11)15-12(17)13(18)16-8-6-14-7-9-16/h10-11,14H,2-9H2,1H3,(H,15,17). The van der Waals surface area contributed by atoms with E-state index in [4.69, 9.17) is 0 Å². The van der Waals surface area contributed by atoms with Gasteiger partial charge in [0.15, 0.2) is 0 Å². The van der Waals surface area contributed by atoms with Gasteiger partial charge in [-0.15, -0.1) is 0 Å². The second-order valence-corrected chi connectivity index (χ2v) is 5.35. The van der Waals surface area contributed by atoms with Gasteiger partial charge in [0.05, 0.1) is 0 Å². The number of nitrogens with zero attached hydrogens (tertiary/aromatic N) is 1. The monoisotopic (exact) mass is 253 g/mol. The zero-order valence-corrected chi connectivity index (χ0v) is 11.1. The van der Waals surface area contributed by atoms with E-state index in [0.717, 1.165) is 13.1 Å². The van der Waals surface area contributed by atoms with E-state index in [0.29, 0.717) is 19.0 Å². The summed E-state index contributed by atoms with van der Waals surface area (Å²) >= 11 is 0. The molecule has 1 atom stereocenters. The number of hydrogen-bond acceptors (Lipinski definition) is 3. The molecule has 0 aromatic heterocycles. The van der Waals surface area contributed by atoms with Gasteiger partial charge in [0, 0.05) is 32.2 Å². The van der Waals surface area contributed by atoms with Crippen LogP contribution in [0, 0.1) is 5.92 Å². The van der Waals surface area contributed by atoms with E-state index < -0.39 is 5.91 Å². The molecule has 2 fully saturated rings. The zero-order chi connectivity index (χ0) is 13.0. The number of carbonyl (C=O) groups is 2. The van der Waals surface area contributed by atoms with E-state index in [1.807, 2.05) is 6.92 Å². The van der Waals surface area contributed by atoms with Crippen molar-refractivity contribution in [2.45, 2.75) is 38.6 Å². The summed E-state index contributed by atoms with van der Waals surface area (Å²) in [5, 5.41) is 6.04. The van der Waals surface area contributed by atoms with Gasteiger partial charge in [-0.2, -0.15) is 0 Å². The van der Waals surface area contributed by atoms with E-state index in [9.17, 15) is 9.59 Å². The van der Waals surface area contributed by atoms with Gasteiger partial charge in [0.25, 0.3) is 0 Å². The lowest BCUT2D eigenvalue weighted by molar-refractivity contribution is -0.146. The number of carbonyl (C=O) groups excluding carboxylic acids is 2. The van der Waals surface area contributed by atoms with Crippen molar-refractivity contribution in [1.29, 1.82) is 0 Å². The minimum Gasteiger partial charge on any atom is -0.345 e. The molecule has 0 aromatic rings. The third-order valence-electron chi connectivity index (χ3n) is 4.06. The molecule has 5 nitrogen and oxygen atoms in total. The summed E-state index contributed by atoms with van der Waals surface area (Å²) in [4.78, 5) is 25.5. The smallest absolute Gasteiger partial charge is 0.311 e. The van der Waals surface area contributed by atoms with E-state index in [1.54, 1.807) is 4.90 Å². The van der Waals surface area contributed by atoms with Gasteiger partial charge in [-0.25, -0.2) is 0 Å². The predicted octanol–water partition coefficient (Wildman–Crippen LogP) is 0.113. The van der Waals surface area contributed by atoms with E-state index in [2.05, 4.69) is 10.6 Å². The molecule has 1 aliphatic heterocycles. The molecule has 1 unspecified atom stereocenters. The summed E-state index contributed by atoms with van der Waals surface area (Å²) in [6, 6.07) is 0.117. The lowest BCUT2D eigenvalue weighted by atomic mass is 10.00. The molecule has 18 heavy (non-hydrogen) atoms. The van der Waals surface area contributed by atoms with Gasteiger partial charge in [-0.05, 0) is 25.7 Å². The van der Waals surface area contributed by atoms with Gasteiger partial charge in [-0.1, -0.05) is 12.8 Å². The van der Waals surface area contributed by atoms with Crippen LogP contribution in [0.5, 0.6) is 0 Å². The largest absolute Gasteiger partial charge is 0.345 e. The summed E-state index contributed by atoms with van der Waals surface area (Å²) in [7, 11) is 0. The number of nitrogens with one attached hydrogen (secondary N) is 2. The average molecular weight is 253 g/mol. The first-order chi connectivity index (χ1) is 8.68. The van der Waals surface area contributed by atoms with Crippen LogP contribution in [-0.4, -0.2) is 48.9 Å². The molecule has 0 aromatic carbocycles. The van der Waals surface area contributed by atoms with Crippen LogP contribution in [0.15, 0.2) is 0 Å². The predicted molar refractivity (Wildman–Crippen MR) is 69.0 cm³/mol. The molecule has 2 rings (SSSR count). The lowest BCUT2D eigenvalue weighted by Gasteiger charge is -2.28. The first-order valence-electron chi connectivity index (χ1n) is 6.99. The van der Waals surface area contributed by atoms with Crippen molar-refractivity contribution in [3.8, 4) is 0 Å². The Morgan fingerprint density at radius 1 is 1.22 bits per heavy atom. The summed E-state index contributed by atoms with van der Waals surface area (Å²) in [6.07, 6.45) is 4.83. The molecular weight excluding hydrogens is 230 g/mol. The molecule has 1 saturated carbocycles. The molecule has 0 spiro atoms. The Bertz CT molecular complexity index is 307. The van der Waals surface area contributed by atoms with Crippen LogP contribution < -0.4 is 10.6 Å². The summed E-state index contributed by atoms with van der Waals surface area (Å²) < 4.78 is 0. The molecule has 1 heterocycles. The Balaban J connectivity index is 1.80. The highest BCUT2D eigenvalue weighted by molar-refractivity contribution is 6.35. The van der Waals surface area contributed by atoms with Gasteiger partial charge in [-0.3, -0.25) is 9.59 Å². The highest BCUT2D eigenvalue weighted by atomic mass is 16.2. The average Bonchev–Trinajstić information content (AvgIpc) is 2.92. The van der Waals surface area contributed by atoms with Crippen LogP contribution in [0.25, 0.3) is 0 Å². The molecule has 102 valence electrons. The summed E-state index contributed by atoms with van der Waals surface area (Å²) in [5.74, 6) is -0.262. The van der Waals surface area contributed by atoms with Gasteiger partial charge in [0.2, 0.25) is 0 Å². The topological polar surface area (TPSA) is 61.4 Å². The first kappa shape index (κ1) is 13.3. The Hall–Kier alpha value is -1.10. The Morgan fingerprint density at radius 3 is 2.44 bits per heavy atom. The van der Waals surface area contributed by atoms with Crippen LogP contribution in [0.4, 0.5) is 0 Å². The third kappa shape index (κ3) is 3.22. The van der Waals surface area contributed by atoms with Crippen LogP contribution >= 0.6 is 0 Å². The highest BCUT2D eigenvalue weighted by Crippen LogP contribution is 2.27. The highest BCUT2D eigenvalue weighted by Gasteiger charge is 2.27. The second-order valence-electron chi connectivity index (χ2n) is 5.35. The van der Waals surface area contributed by atoms with Crippen molar-refractivity contribution in [2.75, 3.05) is 26.2 Å². The van der Waals surface area contributed by atoms with Crippen LogP contribution in [-0.2, 0) is 9.59 Å².